The predicted molar refractivity (Wildman–Crippen MR) is 142 cm³/mol. The molecule has 3 aliphatic rings. The molecule has 0 aromatic heterocycles. The highest BCUT2D eigenvalue weighted by molar-refractivity contribution is 5.38. The zero-order chi connectivity index (χ0) is 25.8. The monoisotopic (exact) mass is 484 g/mol. The Bertz CT molecular complexity index is 870. The normalized spacial score (nSPS) is 35.5. The summed E-state index contributed by atoms with van der Waals surface area (Å²) >= 11 is 0. The first kappa shape index (κ1) is 28.2. The fraction of sp³-hybridized carbons (Fsp3) is 0.742. The molecule has 3 saturated carbocycles. The van der Waals surface area contributed by atoms with Crippen molar-refractivity contribution in [3.8, 4) is 11.8 Å². The maximum Gasteiger partial charge on any atom is 0.117 e. The molecule has 196 valence electrons. The molecule has 3 aliphatic carbocycles. The molecule has 4 heteroatoms. The molecule has 0 unspecified atom stereocenters. The van der Waals surface area contributed by atoms with Crippen LogP contribution < -0.4 is 0 Å². The van der Waals surface area contributed by atoms with Gasteiger partial charge in [-0.15, -0.1) is 5.92 Å². The van der Waals surface area contributed by atoms with E-state index in [4.69, 9.17) is 0 Å². The molecule has 4 N–H and O–H groups in total. The minimum absolute atomic E-state index is 0.106. The number of allylic oxidation sites excluding steroid dienone is 3. The van der Waals surface area contributed by atoms with E-state index < -0.39 is 23.9 Å². The lowest BCUT2D eigenvalue weighted by molar-refractivity contribution is 0.0250. The van der Waals surface area contributed by atoms with Crippen LogP contribution in [0.1, 0.15) is 98.3 Å². The number of aliphatic hydroxyl groups is 4. The van der Waals surface area contributed by atoms with E-state index in [1.807, 2.05) is 13.8 Å². The Balaban J connectivity index is 1.68. The second-order valence-corrected chi connectivity index (χ2v) is 11.7. The van der Waals surface area contributed by atoms with Gasteiger partial charge < -0.3 is 20.4 Å². The zero-order valence-corrected chi connectivity index (χ0v) is 22.4. The fourth-order valence-corrected chi connectivity index (χ4v) is 7.04. The number of hydrogen-bond donors (Lipinski definition) is 4. The Morgan fingerprint density at radius 1 is 1.20 bits per heavy atom. The topological polar surface area (TPSA) is 80.9 Å². The second kappa shape index (κ2) is 11.8. The van der Waals surface area contributed by atoms with Gasteiger partial charge in [0.1, 0.15) is 6.10 Å². The van der Waals surface area contributed by atoms with E-state index in [1.165, 1.54) is 12.0 Å². The average Bonchev–Trinajstić information content (AvgIpc) is 3.19. The third kappa shape index (κ3) is 6.31. The van der Waals surface area contributed by atoms with Crippen molar-refractivity contribution in [2.75, 3.05) is 0 Å². The van der Waals surface area contributed by atoms with Crippen LogP contribution in [0.25, 0.3) is 0 Å². The number of rotatable bonds is 7. The lowest BCUT2D eigenvalue weighted by Crippen LogP contribution is -2.39. The van der Waals surface area contributed by atoms with Gasteiger partial charge in [0.15, 0.2) is 0 Å². The van der Waals surface area contributed by atoms with Gasteiger partial charge in [-0.25, -0.2) is 0 Å². The first-order chi connectivity index (χ1) is 16.5. The Morgan fingerprint density at radius 2 is 1.91 bits per heavy atom. The van der Waals surface area contributed by atoms with Gasteiger partial charge in [0.2, 0.25) is 0 Å². The lowest BCUT2D eigenvalue weighted by atomic mass is 9.60. The van der Waals surface area contributed by atoms with Crippen molar-refractivity contribution in [1.82, 2.24) is 0 Å². The SMILES string of the molecule is C=C1/C(=C\C=C2/CCC[C@]3(C)[C@@H]([C@H](C)[C@@H](O)C#CCCC(O)(CC)CC)CC[C@@H]23)C[C@@H](O)C[C@@H]1O. The van der Waals surface area contributed by atoms with Crippen molar-refractivity contribution in [2.24, 2.45) is 23.2 Å². The quantitative estimate of drug-likeness (QED) is 0.362. The second-order valence-electron chi connectivity index (χ2n) is 11.7. The molecule has 35 heavy (non-hydrogen) atoms. The van der Waals surface area contributed by atoms with Crippen LogP contribution in [-0.2, 0) is 0 Å². The van der Waals surface area contributed by atoms with Crippen molar-refractivity contribution in [3.05, 3.63) is 35.5 Å². The number of hydrogen-bond acceptors (Lipinski definition) is 4. The minimum atomic E-state index is -0.655. The molecule has 0 bridgehead atoms. The van der Waals surface area contributed by atoms with Gasteiger partial charge in [0, 0.05) is 12.8 Å². The number of fused-ring (bicyclic) bond motifs is 1. The van der Waals surface area contributed by atoms with E-state index in [-0.39, 0.29) is 11.3 Å². The smallest absolute Gasteiger partial charge is 0.117 e. The Kier molecular flexibility index (Phi) is 9.49. The first-order valence-electron chi connectivity index (χ1n) is 13.9. The Labute approximate surface area is 213 Å². The summed E-state index contributed by atoms with van der Waals surface area (Å²) in [6.07, 6.45) is 11.8. The summed E-state index contributed by atoms with van der Waals surface area (Å²) in [7, 11) is 0. The Morgan fingerprint density at radius 3 is 2.60 bits per heavy atom. The van der Waals surface area contributed by atoms with Crippen LogP contribution in [0.3, 0.4) is 0 Å². The van der Waals surface area contributed by atoms with Gasteiger partial charge >= 0.3 is 0 Å². The van der Waals surface area contributed by atoms with Crippen LogP contribution in [-0.4, -0.2) is 44.3 Å². The van der Waals surface area contributed by atoms with Crippen molar-refractivity contribution < 1.29 is 20.4 Å². The molecule has 0 aliphatic heterocycles. The van der Waals surface area contributed by atoms with E-state index in [1.54, 1.807) is 0 Å². The molecule has 4 nitrogen and oxygen atoms in total. The highest BCUT2D eigenvalue weighted by Crippen LogP contribution is 2.59. The summed E-state index contributed by atoms with van der Waals surface area (Å²) in [6.45, 7) is 12.6. The van der Waals surface area contributed by atoms with Gasteiger partial charge in [-0.3, -0.25) is 0 Å². The van der Waals surface area contributed by atoms with Crippen LogP contribution in [0.4, 0.5) is 0 Å². The summed E-state index contributed by atoms with van der Waals surface area (Å²) in [5.74, 6) is 7.27. The van der Waals surface area contributed by atoms with E-state index in [9.17, 15) is 20.4 Å². The highest BCUT2D eigenvalue weighted by Gasteiger charge is 2.51. The summed E-state index contributed by atoms with van der Waals surface area (Å²) in [5, 5.41) is 41.6. The van der Waals surface area contributed by atoms with Crippen LogP contribution >= 0.6 is 0 Å². The van der Waals surface area contributed by atoms with Crippen molar-refractivity contribution >= 4 is 0 Å². The third-order valence-corrected chi connectivity index (χ3v) is 9.72. The van der Waals surface area contributed by atoms with E-state index >= 15 is 0 Å². The molecule has 7 atom stereocenters. The predicted octanol–water partition coefficient (Wildman–Crippen LogP) is 5.46. The van der Waals surface area contributed by atoms with Crippen molar-refractivity contribution in [2.45, 2.75) is 122 Å². The Hall–Kier alpha value is -1.38. The van der Waals surface area contributed by atoms with Crippen molar-refractivity contribution in [3.63, 3.8) is 0 Å². The standard InChI is InChI=1S/C31H48O4/c1-6-31(35,7-2)18-9-8-12-28(33)22(4)26-15-16-27-23(11-10-17-30(26,27)5)13-14-24-19-25(32)20-29(34)21(24)3/h13-14,22,25-29,32-35H,3,6-7,9-11,15-20H2,1-2,4-5H3/b23-13+,24-14-/t22-,25+,26+,27-,28-,29-,30+/m0/s1. The van der Waals surface area contributed by atoms with Gasteiger partial charge in [-0.1, -0.05) is 57.9 Å². The van der Waals surface area contributed by atoms with Crippen LogP contribution in [0, 0.1) is 35.0 Å². The third-order valence-electron chi connectivity index (χ3n) is 9.72. The van der Waals surface area contributed by atoms with Gasteiger partial charge in [0.25, 0.3) is 0 Å². The molecule has 0 radical (unpaired) electrons. The molecule has 0 aromatic rings. The summed E-state index contributed by atoms with van der Waals surface area (Å²) in [5.41, 5.74) is 2.67. The van der Waals surface area contributed by atoms with Crippen LogP contribution in [0.15, 0.2) is 35.5 Å². The van der Waals surface area contributed by atoms with Crippen LogP contribution in [0.5, 0.6) is 0 Å². The average molecular weight is 485 g/mol. The largest absolute Gasteiger partial charge is 0.393 e. The molecular weight excluding hydrogens is 436 g/mol. The molecule has 0 spiro atoms. The van der Waals surface area contributed by atoms with E-state index in [0.717, 1.165) is 49.7 Å². The zero-order valence-electron chi connectivity index (χ0n) is 22.4. The maximum absolute atomic E-state index is 10.9. The van der Waals surface area contributed by atoms with E-state index in [0.29, 0.717) is 37.5 Å². The van der Waals surface area contributed by atoms with E-state index in [2.05, 4.69) is 44.4 Å². The molecule has 0 amide bonds. The summed E-state index contributed by atoms with van der Waals surface area (Å²) in [4.78, 5) is 0. The molecular formula is C31H48O4. The minimum Gasteiger partial charge on any atom is -0.393 e. The lowest BCUT2D eigenvalue weighted by Gasteiger charge is -2.44. The molecule has 3 rings (SSSR count). The van der Waals surface area contributed by atoms with Crippen LogP contribution in [0.2, 0.25) is 0 Å². The first-order valence-corrected chi connectivity index (χ1v) is 13.9. The van der Waals surface area contributed by atoms with Gasteiger partial charge in [0.05, 0.1) is 17.8 Å². The number of aliphatic hydroxyl groups excluding tert-OH is 3. The van der Waals surface area contributed by atoms with Gasteiger partial charge in [-0.2, -0.15) is 0 Å². The molecule has 0 saturated heterocycles. The summed E-state index contributed by atoms with van der Waals surface area (Å²) in [6, 6.07) is 0. The highest BCUT2D eigenvalue weighted by atomic mass is 16.3. The maximum atomic E-state index is 10.9. The van der Waals surface area contributed by atoms with Gasteiger partial charge in [-0.05, 0) is 92.1 Å². The fourth-order valence-electron chi connectivity index (χ4n) is 7.04. The summed E-state index contributed by atoms with van der Waals surface area (Å²) < 4.78 is 0. The molecule has 0 aromatic carbocycles. The molecule has 3 fully saturated rings. The van der Waals surface area contributed by atoms with Crippen molar-refractivity contribution in [1.29, 1.82) is 0 Å². The molecule has 0 heterocycles.